The highest BCUT2D eigenvalue weighted by Crippen LogP contribution is 2.27. The molecule has 0 aliphatic carbocycles. The molecule has 2 aliphatic rings. The zero-order valence-corrected chi connectivity index (χ0v) is 11.0. The molecule has 0 saturated carbocycles. The van der Waals surface area contributed by atoms with Gasteiger partial charge in [-0.1, -0.05) is 6.07 Å². The highest BCUT2D eigenvalue weighted by Gasteiger charge is 2.17. The monoisotopic (exact) mass is 261 g/mol. The minimum Gasteiger partial charge on any atom is -0.493 e. The first-order chi connectivity index (χ1) is 9.31. The molecule has 19 heavy (non-hydrogen) atoms. The second-order valence-electron chi connectivity index (χ2n) is 5.23. The third-order valence-electron chi connectivity index (χ3n) is 3.80. The van der Waals surface area contributed by atoms with Crippen LogP contribution in [0.5, 0.6) is 5.75 Å². The van der Waals surface area contributed by atoms with Crippen LogP contribution < -0.4 is 10.1 Å². The van der Waals surface area contributed by atoms with Crippen molar-refractivity contribution in [2.24, 2.45) is 5.92 Å². The molecule has 2 aliphatic heterocycles. The lowest BCUT2D eigenvalue weighted by atomic mass is 10.0. The van der Waals surface area contributed by atoms with Gasteiger partial charge in [-0.05, 0) is 36.8 Å². The Morgan fingerprint density at radius 2 is 2.11 bits per heavy atom. The van der Waals surface area contributed by atoms with Gasteiger partial charge in [0.15, 0.2) is 0 Å². The summed E-state index contributed by atoms with van der Waals surface area (Å²) >= 11 is 0. The second-order valence-corrected chi connectivity index (χ2v) is 5.23. The predicted molar refractivity (Wildman–Crippen MR) is 72.4 cm³/mol. The molecule has 4 heteroatoms. The Morgan fingerprint density at radius 1 is 1.26 bits per heavy atom. The van der Waals surface area contributed by atoms with Crippen molar-refractivity contribution in [1.82, 2.24) is 0 Å². The number of anilines is 1. The fourth-order valence-corrected chi connectivity index (χ4v) is 2.57. The number of fused-ring (bicyclic) bond motifs is 1. The smallest absolute Gasteiger partial charge is 0.224 e. The number of hydrogen-bond donors (Lipinski definition) is 1. The van der Waals surface area contributed by atoms with E-state index in [2.05, 4.69) is 5.32 Å². The van der Waals surface area contributed by atoms with Crippen LogP contribution in [-0.2, 0) is 16.0 Å². The first-order valence-corrected chi connectivity index (χ1v) is 6.94. The van der Waals surface area contributed by atoms with Gasteiger partial charge in [-0.3, -0.25) is 4.79 Å². The van der Waals surface area contributed by atoms with Crippen LogP contribution in [0, 0.1) is 5.92 Å². The minimum atomic E-state index is 0.0917. The number of carbonyl (C=O) groups is 1. The molecule has 1 fully saturated rings. The average Bonchev–Trinajstić information content (AvgIpc) is 2.46. The molecule has 0 atom stereocenters. The Morgan fingerprint density at radius 3 is 2.95 bits per heavy atom. The van der Waals surface area contributed by atoms with Gasteiger partial charge in [-0.15, -0.1) is 0 Å². The first-order valence-electron chi connectivity index (χ1n) is 6.94. The first kappa shape index (κ1) is 12.5. The van der Waals surface area contributed by atoms with Crippen LogP contribution in [0.1, 0.15) is 24.8 Å². The van der Waals surface area contributed by atoms with Gasteiger partial charge in [0.2, 0.25) is 5.91 Å². The standard InChI is InChI=1S/C15H19NO3/c17-15-4-2-12-1-3-13(9-14(12)16-15)19-10-11-5-7-18-8-6-11/h1,3,9,11H,2,4-8,10H2,(H,16,17). The molecular formula is C15H19NO3. The minimum absolute atomic E-state index is 0.0917. The summed E-state index contributed by atoms with van der Waals surface area (Å²) in [5, 5.41) is 2.90. The van der Waals surface area contributed by atoms with E-state index in [0.29, 0.717) is 12.3 Å². The van der Waals surface area contributed by atoms with Gasteiger partial charge in [-0.2, -0.15) is 0 Å². The number of carbonyl (C=O) groups excluding carboxylic acids is 1. The van der Waals surface area contributed by atoms with E-state index in [1.807, 2.05) is 18.2 Å². The van der Waals surface area contributed by atoms with Crippen molar-refractivity contribution in [2.45, 2.75) is 25.7 Å². The van der Waals surface area contributed by atoms with Crippen molar-refractivity contribution in [3.63, 3.8) is 0 Å². The Bertz CT molecular complexity index is 466. The van der Waals surface area contributed by atoms with E-state index in [0.717, 1.165) is 50.5 Å². The van der Waals surface area contributed by atoms with Gasteiger partial charge in [0.05, 0.1) is 6.61 Å². The molecule has 1 aromatic carbocycles. The van der Waals surface area contributed by atoms with E-state index in [1.165, 1.54) is 5.56 Å². The molecule has 0 bridgehead atoms. The molecule has 0 aromatic heterocycles. The number of ether oxygens (including phenoxy) is 2. The lowest BCUT2D eigenvalue weighted by Crippen LogP contribution is -2.22. The SMILES string of the molecule is O=C1CCc2ccc(OCC3CCOCC3)cc2N1. The summed E-state index contributed by atoms with van der Waals surface area (Å²) in [7, 11) is 0. The predicted octanol–water partition coefficient (Wildman–Crippen LogP) is 2.38. The maximum Gasteiger partial charge on any atom is 0.224 e. The second kappa shape index (κ2) is 5.61. The summed E-state index contributed by atoms with van der Waals surface area (Å²) in [6.07, 6.45) is 3.54. The van der Waals surface area contributed by atoms with Crippen LogP contribution in [0.15, 0.2) is 18.2 Å². The fourth-order valence-electron chi connectivity index (χ4n) is 2.57. The molecule has 1 amide bonds. The molecule has 2 heterocycles. The number of hydrogen-bond acceptors (Lipinski definition) is 3. The van der Waals surface area contributed by atoms with E-state index in [-0.39, 0.29) is 5.91 Å². The van der Waals surface area contributed by atoms with E-state index >= 15 is 0 Å². The van der Waals surface area contributed by atoms with Crippen LogP contribution in [0.2, 0.25) is 0 Å². The van der Waals surface area contributed by atoms with E-state index < -0.39 is 0 Å². The van der Waals surface area contributed by atoms with Crippen molar-refractivity contribution < 1.29 is 14.3 Å². The number of amides is 1. The van der Waals surface area contributed by atoms with E-state index in [9.17, 15) is 4.79 Å². The average molecular weight is 261 g/mol. The molecule has 1 saturated heterocycles. The van der Waals surface area contributed by atoms with Crippen molar-refractivity contribution in [3.8, 4) is 5.75 Å². The van der Waals surface area contributed by atoms with Crippen LogP contribution in [0.25, 0.3) is 0 Å². The fraction of sp³-hybridized carbons (Fsp3) is 0.533. The number of rotatable bonds is 3. The van der Waals surface area contributed by atoms with Crippen molar-refractivity contribution in [3.05, 3.63) is 23.8 Å². The summed E-state index contributed by atoms with van der Waals surface area (Å²) in [5.74, 6) is 1.51. The van der Waals surface area contributed by atoms with E-state index in [4.69, 9.17) is 9.47 Å². The topological polar surface area (TPSA) is 47.6 Å². The van der Waals surface area contributed by atoms with Gasteiger partial charge >= 0.3 is 0 Å². The zero-order valence-electron chi connectivity index (χ0n) is 11.0. The van der Waals surface area contributed by atoms with Crippen LogP contribution in [-0.4, -0.2) is 25.7 Å². The lowest BCUT2D eigenvalue weighted by molar-refractivity contribution is -0.116. The molecule has 1 N–H and O–H groups in total. The summed E-state index contributed by atoms with van der Waals surface area (Å²) < 4.78 is 11.2. The summed E-state index contributed by atoms with van der Waals surface area (Å²) in [5.41, 5.74) is 2.10. The number of benzene rings is 1. The van der Waals surface area contributed by atoms with Crippen LogP contribution >= 0.6 is 0 Å². The normalized spacial score (nSPS) is 19.7. The molecule has 0 spiro atoms. The molecule has 102 valence electrons. The molecule has 1 aromatic rings. The third-order valence-corrected chi connectivity index (χ3v) is 3.80. The van der Waals surface area contributed by atoms with Crippen LogP contribution in [0.3, 0.4) is 0 Å². The van der Waals surface area contributed by atoms with Crippen molar-refractivity contribution >= 4 is 11.6 Å². The van der Waals surface area contributed by atoms with Crippen molar-refractivity contribution in [2.75, 3.05) is 25.1 Å². The number of aryl methyl sites for hydroxylation is 1. The zero-order chi connectivity index (χ0) is 13.1. The molecule has 4 nitrogen and oxygen atoms in total. The molecular weight excluding hydrogens is 242 g/mol. The maximum atomic E-state index is 11.4. The van der Waals surface area contributed by atoms with Gasteiger partial charge in [0.25, 0.3) is 0 Å². The Labute approximate surface area is 113 Å². The highest BCUT2D eigenvalue weighted by molar-refractivity contribution is 5.94. The summed E-state index contributed by atoms with van der Waals surface area (Å²) in [4.78, 5) is 11.4. The quantitative estimate of drug-likeness (QED) is 0.908. The number of nitrogens with one attached hydrogen (secondary N) is 1. The van der Waals surface area contributed by atoms with Gasteiger partial charge in [-0.25, -0.2) is 0 Å². The van der Waals surface area contributed by atoms with Crippen LogP contribution in [0.4, 0.5) is 5.69 Å². The molecule has 0 unspecified atom stereocenters. The summed E-state index contributed by atoms with van der Waals surface area (Å²) in [6, 6.07) is 5.98. The largest absolute Gasteiger partial charge is 0.493 e. The third kappa shape index (κ3) is 3.07. The Kier molecular flexibility index (Phi) is 3.69. The van der Waals surface area contributed by atoms with E-state index in [1.54, 1.807) is 0 Å². The van der Waals surface area contributed by atoms with Gasteiger partial charge in [0, 0.05) is 31.4 Å². The molecule has 3 rings (SSSR count). The maximum absolute atomic E-state index is 11.4. The molecule has 0 radical (unpaired) electrons. The highest BCUT2D eigenvalue weighted by atomic mass is 16.5. The Balaban J connectivity index is 1.61. The van der Waals surface area contributed by atoms with Gasteiger partial charge in [0.1, 0.15) is 5.75 Å². The van der Waals surface area contributed by atoms with Crippen molar-refractivity contribution in [1.29, 1.82) is 0 Å². The lowest BCUT2D eigenvalue weighted by Gasteiger charge is -2.23. The van der Waals surface area contributed by atoms with Gasteiger partial charge < -0.3 is 14.8 Å². The summed E-state index contributed by atoms with van der Waals surface area (Å²) in [6.45, 7) is 2.42. The Hall–Kier alpha value is -1.55.